The van der Waals surface area contributed by atoms with E-state index >= 15 is 0 Å². The molecule has 0 bridgehead atoms. The number of carbonyl (C=O) groups is 1. The first-order chi connectivity index (χ1) is 6.97. The van der Waals surface area contributed by atoms with Gasteiger partial charge in [-0.15, -0.1) is 0 Å². The van der Waals surface area contributed by atoms with Crippen LogP contribution in [-0.4, -0.2) is 17.1 Å². The Morgan fingerprint density at radius 2 is 2.00 bits per heavy atom. The minimum atomic E-state index is -0.796. The minimum absolute atomic E-state index is 0.0850. The number of hydrogen-bond acceptors (Lipinski definition) is 2. The molecular weight excluding hydrogens is 190 g/mol. The maximum absolute atomic E-state index is 10.5. The van der Waals surface area contributed by atoms with Crippen LogP contribution >= 0.6 is 0 Å². The SMILES string of the molecule is CCCCC(C)CC(C)C(N)CC(=O)O. The monoisotopic (exact) mass is 215 g/mol. The fourth-order valence-electron chi connectivity index (χ4n) is 1.88. The highest BCUT2D eigenvalue weighted by atomic mass is 16.4. The van der Waals surface area contributed by atoms with E-state index in [0.29, 0.717) is 11.8 Å². The molecule has 3 N–H and O–H groups in total. The van der Waals surface area contributed by atoms with Crippen molar-refractivity contribution in [2.45, 2.75) is 58.9 Å². The van der Waals surface area contributed by atoms with Crippen LogP contribution in [0.1, 0.15) is 52.9 Å². The molecule has 0 radical (unpaired) electrons. The summed E-state index contributed by atoms with van der Waals surface area (Å²) in [6.45, 7) is 6.46. The van der Waals surface area contributed by atoms with E-state index in [1.165, 1.54) is 19.3 Å². The molecule has 3 heteroatoms. The van der Waals surface area contributed by atoms with Crippen molar-refractivity contribution in [1.29, 1.82) is 0 Å². The van der Waals surface area contributed by atoms with Gasteiger partial charge in [-0.25, -0.2) is 0 Å². The lowest BCUT2D eigenvalue weighted by Gasteiger charge is -2.21. The van der Waals surface area contributed by atoms with Gasteiger partial charge >= 0.3 is 5.97 Å². The predicted octanol–water partition coefficient (Wildman–Crippen LogP) is 2.64. The van der Waals surface area contributed by atoms with Gasteiger partial charge in [0.05, 0.1) is 6.42 Å². The number of carboxylic acids is 1. The predicted molar refractivity (Wildman–Crippen MR) is 62.7 cm³/mol. The van der Waals surface area contributed by atoms with Crippen molar-refractivity contribution in [1.82, 2.24) is 0 Å². The van der Waals surface area contributed by atoms with Crippen molar-refractivity contribution >= 4 is 5.97 Å². The molecule has 0 saturated carbocycles. The maximum atomic E-state index is 10.5. The quantitative estimate of drug-likeness (QED) is 0.654. The van der Waals surface area contributed by atoms with Gasteiger partial charge in [0.15, 0.2) is 0 Å². The van der Waals surface area contributed by atoms with Crippen molar-refractivity contribution in [2.75, 3.05) is 0 Å². The zero-order chi connectivity index (χ0) is 11.8. The van der Waals surface area contributed by atoms with Gasteiger partial charge in [0.25, 0.3) is 0 Å². The number of hydrogen-bond donors (Lipinski definition) is 2. The molecule has 90 valence electrons. The van der Waals surface area contributed by atoms with Crippen LogP contribution in [0.15, 0.2) is 0 Å². The molecule has 3 atom stereocenters. The number of unbranched alkanes of at least 4 members (excludes halogenated alkanes) is 1. The van der Waals surface area contributed by atoms with E-state index in [9.17, 15) is 4.79 Å². The van der Waals surface area contributed by atoms with Gasteiger partial charge in [0, 0.05) is 6.04 Å². The molecule has 0 aliphatic rings. The van der Waals surface area contributed by atoms with E-state index in [4.69, 9.17) is 10.8 Å². The molecule has 0 heterocycles. The van der Waals surface area contributed by atoms with Crippen LogP contribution in [0.3, 0.4) is 0 Å². The molecule has 0 aromatic heterocycles. The van der Waals surface area contributed by atoms with Crippen LogP contribution in [0.25, 0.3) is 0 Å². The van der Waals surface area contributed by atoms with Gasteiger partial charge in [-0.2, -0.15) is 0 Å². The van der Waals surface area contributed by atoms with E-state index in [0.717, 1.165) is 6.42 Å². The van der Waals surface area contributed by atoms with Crippen molar-refractivity contribution in [3.05, 3.63) is 0 Å². The van der Waals surface area contributed by atoms with Gasteiger partial charge in [-0.3, -0.25) is 4.79 Å². The van der Waals surface area contributed by atoms with Crippen LogP contribution in [-0.2, 0) is 4.79 Å². The molecule has 15 heavy (non-hydrogen) atoms. The third-order valence-corrected chi connectivity index (χ3v) is 2.97. The van der Waals surface area contributed by atoms with E-state index in [1.807, 2.05) is 0 Å². The molecule has 0 saturated heterocycles. The summed E-state index contributed by atoms with van der Waals surface area (Å²) in [5.74, 6) is 0.156. The first kappa shape index (κ1) is 14.4. The molecule has 3 unspecified atom stereocenters. The van der Waals surface area contributed by atoms with Gasteiger partial charge < -0.3 is 10.8 Å². The van der Waals surface area contributed by atoms with Crippen LogP contribution in [0, 0.1) is 11.8 Å². The molecule has 0 aromatic rings. The lowest BCUT2D eigenvalue weighted by atomic mass is 9.88. The van der Waals surface area contributed by atoms with Gasteiger partial charge in [-0.1, -0.05) is 40.0 Å². The second-order valence-corrected chi connectivity index (χ2v) is 4.72. The third-order valence-electron chi connectivity index (χ3n) is 2.97. The van der Waals surface area contributed by atoms with E-state index in [1.54, 1.807) is 0 Å². The Hall–Kier alpha value is -0.570. The Morgan fingerprint density at radius 3 is 2.47 bits per heavy atom. The summed E-state index contributed by atoms with van der Waals surface area (Å²) in [4.78, 5) is 10.5. The molecule has 0 amide bonds. The lowest BCUT2D eigenvalue weighted by molar-refractivity contribution is -0.137. The summed E-state index contributed by atoms with van der Waals surface area (Å²) in [5.41, 5.74) is 5.81. The highest BCUT2D eigenvalue weighted by Gasteiger charge is 2.18. The third kappa shape index (κ3) is 7.37. The van der Waals surface area contributed by atoms with E-state index in [-0.39, 0.29) is 12.5 Å². The first-order valence-electron chi connectivity index (χ1n) is 5.94. The zero-order valence-electron chi connectivity index (χ0n) is 10.2. The smallest absolute Gasteiger partial charge is 0.304 e. The number of rotatable bonds is 8. The van der Waals surface area contributed by atoms with Crippen LogP contribution in [0.2, 0.25) is 0 Å². The summed E-state index contributed by atoms with van der Waals surface area (Å²) in [6.07, 6.45) is 4.82. The topological polar surface area (TPSA) is 63.3 Å². The van der Waals surface area contributed by atoms with Gasteiger partial charge in [-0.05, 0) is 18.3 Å². The van der Waals surface area contributed by atoms with Crippen molar-refractivity contribution in [3.63, 3.8) is 0 Å². The summed E-state index contributed by atoms with van der Waals surface area (Å²) in [7, 11) is 0. The zero-order valence-corrected chi connectivity index (χ0v) is 10.2. The second-order valence-electron chi connectivity index (χ2n) is 4.72. The summed E-state index contributed by atoms with van der Waals surface area (Å²) >= 11 is 0. The molecule has 0 rings (SSSR count). The molecule has 0 aliphatic heterocycles. The Labute approximate surface area is 93.0 Å². The van der Waals surface area contributed by atoms with E-state index < -0.39 is 5.97 Å². The maximum Gasteiger partial charge on any atom is 0.304 e. The van der Waals surface area contributed by atoms with Crippen LogP contribution in [0.4, 0.5) is 0 Å². The second kappa shape index (κ2) is 7.69. The fraction of sp³-hybridized carbons (Fsp3) is 0.917. The average molecular weight is 215 g/mol. The number of aliphatic carboxylic acids is 1. The highest BCUT2D eigenvalue weighted by molar-refractivity contribution is 5.67. The molecule has 0 fully saturated rings. The lowest BCUT2D eigenvalue weighted by Crippen LogP contribution is -2.31. The molecule has 0 spiro atoms. The fourth-order valence-corrected chi connectivity index (χ4v) is 1.88. The number of carboxylic acid groups (broad SMARTS) is 1. The Bertz CT molecular complexity index is 182. The largest absolute Gasteiger partial charge is 0.481 e. The highest BCUT2D eigenvalue weighted by Crippen LogP contribution is 2.20. The average Bonchev–Trinajstić information content (AvgIpc) is 2.13. The number of nitrogens with two attached hydrogens (primary N) is 1. The van der Waals surface area contributed by atoms with Crippen molar-refractivity contribution < 1.29 is 9.90 Å². The van der Waals surface area contributed by atoms with Gasteiger partial charge in [0.1, 0.15) is 0 Å². The molecule has 3 nitrogen and oxygen atoms in total. The summed E-state index contributed by atoms with van der Waals surface area (Å²) in [5, 5.41) is 8.63. The van der Waals surface area contributed by atoms with Crippen molar-refractivity contribution in [3.8, 4) is 0 Å². The summed E-state index contributed by atoms with van der Waals surface area (Å²) < 4.78 is 0. The Kier molecular flexibility index (Phi) is 7.39. The molecular formula is C12H25NO2. The van der Waals surface area contributed by atoms with Crippen LogP contribution < -0.4 is 5.73 Å². The van der Waals surface area contributed by atoms with Gasteiger partial charge in [0.2, 0.25) is 0 Å². The minimum Gasteiger partial charge on any atom is -0.481 e. The molecule has 0 aromatic carbocycles. The summed E-state index contributed by atoms with van der Waals surface area (Å²) in [6, 6.07) is -0.202. The Morgan fingerprint density at radius 1 is 1.40 bits per heavy atom. The molecule has 0 aliphatic carbocycles. The van der Waals surface area contributed by atoms with Crippen molar-refractivity contribution in [2.24, 2.45) is 17.6 Å². The van der Waals surface area contributed by atoms with E-state index in [2.05, 4.69) is 20.8 Å². The Balaban J connectivity index is 3.79. The standard InChI is InChI=1S/C12H25NO2/c1-4-5-6-9(2)7-10(3)11(13)8-12(14)15/h9-11H,4-8,13H2,1-3H3,(H,14,15). The van der Waals surface area contributed by atoms with Crippen LogP contribution in [0.5, 0.6) is 0 Å². The first-order valence-corrected chi connectivity index (χ1v) is 5.94. The normalized spacial score (nSPS) is 17.1.